The standard InChI is InChI=1S/C54H33N7O/c1-4-18-34(19-5-1)49-55-50(35-20-6-2-7-21-35)57-52(56-49)38-25-11-14-30-43(38)61-42-29-13-10-24-37(42)47-40(27-16-31-44(47)61)53-58-51(36-22-8-3-9-23-36)59-54(60-53)41-28-17-33-46-48(41)39-26-12-15-32-45(39)62-46/h1-33H. The van der Waals surface area contributed by atoms with Gasteiger partial charge in [0.05, 0.1) is 16.7 Å². The second-order valence-electron chi connectivity index (χ2n) is 15.1. The quantitative estimate of drug-likeness (QED) is 0.158. The third kappa shape index (κ3) is 5.92. The lowest BCUT2D eigenvalue weighted by atomic mass is 10.0. The Kier molecular flexibility index (Phi) is 8.31. The molecule has 0 aliphatic rings. The van der Waals surface area contributed by atoms with E-state index in [1.165, 1.54) is 0 Å². The smallest absolute Gasteiger partial charge is 0.166 e. The van der Waals surface area contributed by atoms with E-state index in [0.717, 1.165) is 82.8 Å². The molecule has 0 unspecified atom stereocenters. The Morgan fingerprint density at radius 3 is 1.35 bits per heavy atom. The number of furan rings is 1. The molecule has 0 bridgehead atoms. The first-order chi connectivity index (χ1) is 30.7. The normalized spacial score (nSPS) is 11.5. The lowest BCUT2D eigenvalue weighted by Gasteiger charge is -2.15. The van der Waals surface area contributed by atoms with Crippen molar-refractivity contribution in [1.82, 2.24) is 34.5 Å². The highest BCUT2D eigenvalue weighted by Crippen LogP contribution is 2.41. The van der Waals surface area contributed by atoms with Gasteiger partial charge in [0, 0.05) is 54.9 Å². The number of hydrogen-bond acceptors (Lipinski definition) is 7. The van der Waals surface area contributed by atoms with Gasteiger partial charge in [0.2, 0.25) is 0 Å². The van der Waals surface area contributed by atoms with Gasteiger partial charge in [0.25, 0.3) is 0 Å². The maximum Gasteiger partial charge on any atom is 0.166 e. The highest BCUT2D eigenvalue weighted by Gasteiger charge is 2.23. The predicted molar refractivity (Wildman–Crippen MR) is 247 cm³/mol. The van der Waals surface area contributed by atoms with Crippen LogP contribution in [0.2, 0.25) is 0 Å². The van der Waals surface area contributed by atoms with Crippen LogP contribution in [0.25, 0.3) is 118 Å². The number of nitrogens with zero attached hydrogens (tertiary/aromatic N) is 7. The van der Waals surface area contributed by atoms with Gasteiger partial charge in [-0.3, -0.25) is 0 Å². The van der Waals surface area contributed by atoms with Gasteiger partial charge in [-0.2, -0.15) is 0 Å². The molecule has 0 atom stereocenters. The maximum absolute atomic E-state index is 6.31. The van der Waals surface area contributed by atoms with E-state index in [0.29, 0.717) is 34.9 Å². The van der Waals surface area contributed by atoms with E-state index in [1.807, 2.05) is 127 Å². The molecular weight excluding hydrogens is 763 g/mol. The van der Waals surface area contributed by atoms with Crippen molar-refractivity contribution in [3.63, 3.8) is 0 Å². The van der Waals surface area contributed by atoms with Crippen molar-refractivity contribution in [2.24, 2.45) is 0 Å². The fourth-order valence-corrected chi connectivity index (χ4v) is 8.55. The van der Waals surface area contributed by atoms with E-state index in [4.69, 9.17) is 34.3 Å². The maximum atomic E-state index is 6.31. The summed E-state index contributed by atoms with van der Waals surface area (Å²) < 4.78 is 8.61. The Labute approximate surface area is 355 Å². The Bertz CT molecular complexity index is 3580. The summed E-state index contributed by atoms with van der Waals surface area (Å²) in [5.41, 5.74) is 9.89. The molecule has 0 N–H and O–H groups in total. The molecule has 0 aliphatic heterocycles. The molecule has 8 aromatic carbocycles. The Morgan fingerprint density at radius 2 is 0.710 bits per heavy atom. The summed E-state index contributed by atoms with van der Waals surface area (Å²) in [6.07, 6.45) is 0. The van der Waals surface area contributed by atoms with E-state index in [9.17, 15) is 0 Å². The number of fused-ring (bicyclic) bond motifs is 6. The Hall–Kier alpha value is -8.62. The summed E-state index contributed by atoms with van der Waals surface area (Å²) in [4.78, 5) is 30.9. The number of rotatable bonds is 7. The van der Waals surface area contributed by atoms with Crippen molar-refractivity contribution in [1.29, 1.82) is 0 Å². The topological polar surface area (TPSA) is 95.4 Å². The fourth-order valence-electron chi connectivity index (χ4n) is 8.55. The van der Waals surface area contributed by atoms with E-state index < -0.39 is 0 Å². The highest BCUT2D eigenvalue weighted by molar-refractivity contribution is 6.16. The summed E-state index contributed by atoms with van der Waals surface area (Å²) >= 11 is 0. The SMILES string of the molecule is c1ccc(-c2nc(-c3ccccc3)nc(-c3ccccc3-n3c4ccccc4c4c(-c5nc(-c6ccccc6)nc(-c6cccc7oc8ccccc8c67)n5)cccc43)n2)cc1. The second kappa shape index (κ2) is 14.6. The first-order valence-electron chi connectivity index (χ1n) is 20.5. The van der Waals surface area contributed by atoms with Crippen LogP contribution in [0.15, 0.2) is 205 Å². The molecule has 4 aromatic heterocycles. The van der Waals surface area contributed by atoms with Gasteiger partial charge in [0.15, 0.2) is 34.9 Å². The number of para-hydroxylation sites is 3. The van der Waals surface area contributed by atoms with E-state index in [-0.39, 0.29) is 0 Å². The summed E-state index contributed by atoms with van der Waals surface area (Å²) in [6, 6.07) is 67.5. The molecule has 12 aromatic rings. The average Bonchev–Trinajstić information content (AvgIpc) is 3.91. The summed E-state index contributed by atoms with van der Waals surface area (Å²) in [7, 11) is 0. The molecular formula is C54H33N7O. The van der Waals surface area contributed by atoms with Crippen molar-refractivity contribution in [3.05, 3.63) is 200 Å². The van der Waals surface area contributed by atoms with E-state index in [1.54, 1.807) is 0 Å². The lowest BCUT2D eigenvalue weighted by Crippen LogP contribution is -2.03. The van der Waals surface area contributed by atoms with Crippen molar-refractivity contribution in [2.45, 2.75) is 0 Å². The zero-order chi connectivity index (χ0) is 41.0. The van der Waals surface area contributed by atoms with Gasteiger partial charge in [-0.15, -0.1) is 0 Å². The fraction of sp³-hybridized carbons (Fsp3) is 0. The molecule has 0 radical (unpaired) electrons. The minimum Gasteiger partial charge on any atom is -0.456 e. The van der Waals surface area contributed by atoms with Crippen LogP contribution < -0.4 is 0 Å². The molecule has 8 nitrogen and oxygen atoms in total. The number of hydrogen-bond donors (Lipinski definition) is 0. The largest absolute Gasteiger partial charge is 0.456 e. The van der Waals surface area contributed by atoms with E-state index in [2.05, 4.69) is 77.4 Å². The molecule has 0 aliphatic carbocycles. The van der Waals surface area contributed by atoms with Gasteiger partial charge in [-0.25, -0.2) is 29.9 Å². The van der Waals surface area contributed by atoms with Gasteiger partial charge < -0.3 is 8.98 Å². The molecule has 8 heteroatoms. The van der Waals surface area contributed by atoms with Crippen LogP contribution in [0.5, 0.6) is 0 Å². The summed E-state index contributed by atoms with van der Waals surface area (Å²) in [5.74, 6) is 3.50. The molecule has 0 spiro atoms. The van der Waals surface area contributed by atoms with Crippen LogP contribution in [0.4, 0.5) is 0 Å². The molecule has 290 valence electrons. The molecule has 0 amide bonds. The van der Waals surface area contributed by atoms with E-state index >= 15 is 0 Å². The molecule has 0 saturated carbocycles. The third-order valence-corrected chi connectivity index (χ3v) is 11.3. The Morgan fingerprint density at radius 1 is 0.290 bits per heavy atom. The number of benzene rings is 8. The van der Waals surface area contributed by atoms with Crippen molar-refractivity contribution in [3.8, 4) is 74.0 Å². The summed E-state index contributed by atoms with van der Waals surface area (Å²) in [5, 5.41) is 4.06. The zero-order valence-corrected chi connectivity index (χ0v) is 33.1. The lowest BCUT2D eigenvalue weighted by molar-refractivity contribution is 0.669. The molecule has 12 rings (SSSR count). The van der Waals surface area contributed by atoms with Crippen LogP contribution in [-0.4, -0.2) is 34.5 Å². The average molecular weight is 796 g/mol. The molecule has 0 saturated heterocycles. The van der Waals surface area contributed by atoms with Crippen LogP contribution in [0.3, 0.4) is 0 Å². The molecule has 4 heterocycles. The Balaban J connectivity index is 1.10. The predicted octanol–water partition coefficient (Wildman–Crippen LogP) is 13.1. The van der Waals surface area contributed by atoms with Crippen LogP contribution in [0.1, 0.15) is 0 Å². The van der Waals surface area contributed by atoms with Crippen molar-refractivity contribution in [2.75, 3.05) is 0 Å². The second-order valence-corrected chi connectivity index (χ2v) is 15.1. The van der Waals surface area contributed by atoms with Crippen molar-refractivity contribution < 1.29 is 4.42 Å². The van der Waals surface area contributed by atoms with Gasteiger partial charge >= 0.3 is 0 Å². The minimum absolute atomic E-state index is 0.565. The first-order valence-corrected chi connectivity index (χ1v) is 20.5. The van der Waals surface area contributed by atoms with Crippen LogP contribution in [-0.2, 0) is 0 Å². The first kappa shape index (κ1) is 35.3. The van der Waals surface area contributed by atoms with Gasteiger partial charge in [-0.05, 0) is 36.4 Å². The summed E-state index contributed by atoms with van der Waals surface area (Å²) in [6.45, 7) is 0. The van der Waals surface area contributed by atoms with Gasteiger partial charge in [0.1, 0.15) is 11.2 Å². The van der Waals surface area contributed by atoms with Crippen molar-refractivity contribution >= 4 is 43.7 Å². The van der Waals surface area contributed by atoms with Crippen LogP contribution >= 0.6 is 0 Å². The molecule has 62 heavy (non-hydrogen) atoms. The third-order valence-electron chi connectivity index (χ3n) is 11.3. The van der Waals surface area contributed by atoms with Crippen LogP contribution in [0, 0.1) is 0 Å². The minimum atomic E-state index is 0.565. The molecule has 0 fully saturated rings. The van der Waals surface area contributed by atoms with Gasteiger partial charge in [-0.1, -0.05) is 164 Å². The number of aromatic nitrogens is 7. The monoisotopic (exact) mass is 795 g/mol. The zero-order valence-electron chi connectivity index (χ0n) is 33.1. The highest BCUT2D eigenvalue weighted by atomic mass is 16.3.